The quantitative estimate of drug-likeness (QED) is 0.907. The summed E-state index contributed by atoms with van der Waals surface area (Å²) in [5.74, 6) is -0.870. The molecule has 0 unspecified atom stereocenters. The Labute approximate surface area is 111 Å². The van der Waals surface area contributed by atoms with Crippen molar-refractivity contribution in [3.63, 3.8) is 0 Å². The molecule has 2 saturated heterocycles. The van der Waals surface area contributed by atoms with Crippen LogP contribution in [0.1, 0.15) is 43.0 Å². The summed E-state index contributed by atoms with van der Waals surface area (Å²) in [4.78, 5) is 25.9. The second kappa shape index (κ2) is 4.11. The van der Waals surface area contributed by atoms with Crippen molar-refractivity contribution in [1.82, 2.24) is 4.90 Å². The Bertz CT molecular complexity index is 510. The van der Waals surface area contributed by atoms with Crippen LogP contribution in [0.15, 0.2) is 23.0 Å². The van der Waals surface area contributed by atoms with Gasteiger partial charge in [-0.2, -0.15) is 0 Å². The van der Waals surface area contributed by atoms with Crippen molar-refractivity contribution in [3.05, 3.63) is 24.2 Å². The predicted octanol–water partition coefficient (Wildman–Crippen LogP) is 2.14. The maximum absolute atomic E-state index is 12.5. The lowest BCUT2D eigenvalue weighted by Gasteiger charge is -2.32. The van der Waals surface area contributed by atoms with Crippen LogP contribution in [0.2, 0.25) is 0 Å². The minimum Gasteiger partial charge on any atom is -0.481 e. The lowest BCUT2D eigenvalue weighted by atomic mass is 9.72. The van der Waals surface area contributed by atoms with E-state index in [1.807, 2.05) is 6.92 Å². The zero-order valence-electron chi connectivity index (χ0n) is 10.8. The van der Waals surface area contributed by atoms with Crippen LogP contribution < -0.4 is 0 Å². The highest BCUT2D eigenvalue weighted by Crippen LogP contribution is 2.52. The number of amides is 1. The van der Waals surface area contributed by atoms with Crippen LogP contribution >= 0.6 is 0 Å². The highest BCUT2D eigenvalue weighted by molar-refractivity contribution is 5.95. The van der Waals surface area contributed by atoms with Crippen LogP contribution in [0.4, 0.5) is 0 Å². The number of nitrogens with zero attached hydrogens (tertiary/aromatic N) is 1. The molecule has 0 saturated carbocycles. The molecular weight excluding hydrogens is 246 g/mol. The van der Waals surface area contributed by atoms with Gasteiger partial charge in [-0.1, -0.05) is 6.92 Å². The molecule has 19 heavy (non-hydrogen) atoms. The Morgan fingerprint density at radius 1 is 1.53 bits per heavy atom. The molecule has 0 aromatic carbocycles. The van der Waals surface area contributed by atoms with E-state index in [1.165, 1.54) is 12.5 Å². The van der Waals surface area contributed by atoms with Crippen molar-refractivity contribution in [3.8, 4) is 0 Å². The topological polar surface area (TPSA) is 70.8 Å². The molecule has 1 aromatic rings. The zero-order valence-corrected chi connectivity index (χ0v) is 10.8. The van der Waals surface area contributed by atoms with Crippen molar-refractivity contribution >= 4 is 11.9 Å². The number of carboxylic acids is 1. The Morgan fingerprint density at radius 3 is 2.84 bits per heavy atom. The first-order valence-corrected chi connectivity index (χ1v) is 6.68. The zero-order chi connectivity index (χ0) is 13.6. The molecule has 0 radical (unpaired) electrons. The van der Waals surface area contributed by atoms with Crippen LogP contribution in [0.5, 0.6) is 0 Å². The van der Waals surface area contributed by atoms with Gasteiger partial charge in [0.05, 0.1) is 17.2 Å². The van der Waals surface area contributed by atoms with Gasteiger partial charge in [0.25, 0.3) is 5.91 Å². The maximum Gasteiger partial charge on any atom is 0.311 e. The van der Waals surface area contributed by atoms with E-state index in [9.17, 15) is 14.7 Å². The van der Waals surface area contributed by atoms with E-state index in [0.717, 1.165) is 12.8 Å². The smallest absolute Gasteiger partial charge is 0.311 e. The molecule has 2 fully saturated rings. The van der Waals surface area contributed by atoms with E-state index in [1.54, 1.807) is 11.0 Å². The number of hydrogen-bond acceptors (Lipinski definition) is 3. The molecule has 5 heteroatoms. The monoisotopic (exact) mass is 263 g/mol. The van der Waals surface area contributed by atoms with Gasteiger partial charge in [0.2, 0.25) is 0 Å². The highest BCUT2D eigenvalue weighted by atomic mass is 16.4. The third-order valence-electron chi connectivity index (χ3n) is 4.80. The normalized spacial score (nSPS) is 32.8. The van der Waals surface area contributed by atoms with Gasteiger partial charge in [-0.05, 0) is 31.7 Å². The molecule has 3 rings (SSSR count). The van der Waals surface area contributed by atoms with Crippen molar-refractivity contribution in [2.45, 2.75) is 44.7 Å². The largest absolute Gasteiger partial charge is 0.481 e. The summed E-state index contributed by atoms with van der Waals surface area (Å²) in [5.41, 5.74) is -0.253. The molecule has 1 N–H and O–H groups in total. The summed E-state index contributed by atoms with van der Waals surface area (Å²) >= 11 is 0. The van der Waals surface area contributed by atoms with E-state index < -0.39 is 11.4 Å². The number of carbonyl (C=O) groups is 2. The number of rotatable bonds is 3. The average Bonchev–Trinajstić information content (AvgIpc) is 3.12. The summed E-state index contributed by atoms with van der Waals surface area (Å²) in [6.07, 6.45) is 5.73. The third-order valence-corrected chi connectivity index (χ3v) is 4.80. The average molecular weight is 263 g/mol. The molecular formula is C14H17NO4. The molecule has 0 aliphatic carbocycles. The molecule has 2 aliphatic rings. The summed E-state index contributed by atoms with van der Waals surface area (Å²) in [6, 6.07) is 1.51. The summed E-state index contributed by atoms with van der Waals surface area (Å²) < 4.78 is 4.95. The molecule has 2 bridgehead atoms. The molecule has 0 spiro atoms. The van der Waals surface area contributed by atoms with Crippen molar-refractivity contribution in [1.29, 1.82) is 0 Å². The molecule has 102 valence electrons. The van der Waals surface area contributed by atoms with Crippen LogP contribution in [0.25, 0.3) is 0 Å². The molecule has 3 heterocycles. The Hall–Kier alpha value is -1.78. The van der Waals surface area contributed by atoms with Crippen molar-refractivity contribution < 1.29 is 19.1 Å². The number of furan rings is 1. The van der Waals surface area contributed by atoms with Crippen LogP contribution in [-0.2, 0) is 4.79 Å². The Kier molecular flexibility index (Phi) is 2.66. The number of carboxylic acid groups (broad SMARTS) is 1. The molecule has 3 atom stereocenters. The van der Waals surface area contributed by atoms with Gasteiger partial charge in [0.15, 0.2) is 0 Å². The van der Waals surface area contributed by atoms with Gasteiger partial charge < -0.3 is 14.4 Å². The number of carbonyl (C=O) groups excluding carboxylic acids is 1. The Balaban J connectivity index is 1.93. The second-order valence-corrected chi connectivity index (χ2v) is 5.49. The SMILES string of the molecule is CC[C@@]1(C(=O)O)C[C@@H]2CC[C@H]1N2C(=O)c1ccoc1. The number of aliphatic carboxylic acids is 1. The highest BCUT2D eigenvalue weighted by Gasteiger charge is 2.60. The first-order chi connectivity index (χ1) is 9.10. The lowest BCUT2D eigenvalue weighted by Crippen LogP contribution is -2.44. The number of fused-ring (bicyclic) bond motifs is 2. The summed E-state index contributed by atoms with van der Waals surface area (Å²) in [5, 5.41) is 9.56. The van der Waals surface area contributed by atoms with Gasteiger partial charge in [0, 0.05) is 12.1 Å². The fourth-order valence-corrected chi connectivity index (χ4v) is 3.79. The standard InChI is InChI=1S/C14H17NO4/c1-2-14(13(17)18)7-10-3-4-11(14)15(10)12(16)9-5-6-19-8-9/h5-6,8,10-11H,2-4,7H2,1H3,(H,17,18)/t10-,11+,14+/m0/s1. The van der Waals surface area contributed by atoms with E-state index in [-0.39, 0.29) is 18.0 Å². The molecule has 2 aliphatic heterocycles. The Morgan fingerprint density at radius 2 is 2.32 bits per heavy atom. The van der Waals surface area contributed by atoms with Gasteiger partial charge in [-0.15, -0.1) is 0 Å². The summed E-state index contributed by atoms with van der Waals surface area (Å²) in [7, 11) is 0. The molecule has 1 aromatic heterocycles. The lowest BCUT2D eigenvalue weighted by molar-refractivity contribution is -0.151. The molecule has 1 amide bonds. The van der Waals surface area contributed by atoms with Crippen molar-refractivity contribution in [2.24, 2.45) is 5.41 Å². The minimum atomic E-state index is -0.771. The van der Waals surface area contributed by atoms with Gasteiger partial charge in [0.1, 0.15) is 6.26 Å². The molecule has 5 nitrogen and oxygen atoms in total. The van der Waals surface area contributed by atoms with Crippen molar-refractivity contribution in [2.75, 3.05) is 0 Å². The van der Waals surface area contributed by atoms with Crippen LogP contribution in [0, 0.1) is 5.41 Å². The summed E-state index contributed by atoms with van der Waals surface area (Å²) in [6.45, 7) is 1.90. The number of hydrogen-bond donors (Lipinski definition) is 1. The first kappa shape index (κ1) is 12.3. The maximum atomic E-state index is 12.5. The first-order valence-electron chi connectivity index (χ1n) is 6.68. The van der Waals surface area contributed by atoms with Crippen LogP contribution in [-0.4, -0.2) is 34.0 Å². The van der Waals surface area contributed by atoms with Crippen LogP contribution in [0.3, 0.4) is 0 Å². The van der Waals surface area contributed by atoms with E-state index >= 15 is 0 Å². The van der Waals surface area contributed by atoms with Gasteiger partial charge in [-0.25, -0.2) is 0 Å². The predicted molar refractivity (Wildman–Crippen MR) is 66.7 cm³/mol. The van der Waals surface area contributed by atoms with Gasteiger partial charge in [-0.3, -0.25) is 9.59 Å². The fourth-order valence-electron chi connectivity index (χ4n) is 3.79. The third kappa shape index (κ3) is 1.54. The van der Waals surface area contributed by atoms with E-state index in [0.29, 0.717) is 18.4 Å². The second-order valence-electron chi connectivity index (χ2n) is 5.49. The van der Waals surface area contributed by atoms with E-state index in [2.05, 4.69) is 0 Å². The minimum absolute atomic E-state index is 0.0588. The van der Waals surface area contributed by atoms with E-state index in [4.69, 9.17) is 4.42 Å². The fraction of sp³-hybridized carbons (Fsp3) is 0.571. The van der Waals surface area contributed by atoms with Gasteiger partial charge >= 0.3 is 5.97 Å².